The number of rotatable bonds is 8. The quantitative estimate of drug-likeness (QED) is 0.619. The average molecular weight is 478 g/mol. The summed E-state index contributed by atoms with van der Waals surface area (Å²) in [7, 11) is -0.475. The number of carbonyl (C=O) groups is 1. The van der Waals surface area contributed by atoms with Crippen molar-refractivity contribution >= 4 is 16.1 Å². The summed E-state index contributed by atoms with van der Waals surface area (Å²) in [6, 6.07) is 10.3. The first-order valence-electron chi connectivity index (χ1n) is 10.4. The van der Waals surface area contributed by atoms with Gasteiger partial charge in [0.15, 0.2) is 23.0 Å². The number of urea groups is 1. The van der Waals surface area contributed by atoms with Gasteiger partial charge >= 0.3 is 6.03 Å². The van der Waals surface area contributed by atoms with E-state index < -0.39 is 16.1 Å². The molecule has 0 aliphatic carbocycles. The molecule has 33 heavy (non-hydrogen) atoms. The van der Waals surface area contributed by atoms with Gasteiger partial charge in [0, 0.05) is 6.54 Å². The zero-order valence-electron chi connectivity index (χ0n) is 18.7. The second-order valence-corrected chi connectivity index (χ2v) is 9.54. The van der Waals surface area contributed by atoms with Crippen LogP contribution in [0.2, 0.25) is 0 Å². The topological polar surface area (TPSA) is 107 Å². The summed E-state index contributed by atoms with van der Waals surface area (Å²) in [6.07, 6.45) is 1.56. The van der Waals surface area contributed by atoms with Crippen LogP contribution < -0.4 is 23.8 Å². The van der Waals surface area contributed by atoms with Crippen LogP contribution >= 0.6 is 0 Å². The van der Waals surface area contributed by atoms with Gasteiger partial charge in [-0.15, -0.1) is 4.83 Å². The number of hydrogen-bond acceptors (Lipinski definition) is 7. The van der Waals surface area contributed by atoms with E-state index in [0.29, 0.717) is 49.2 Å². The predicted molar refractivity (Wildman–Crippen MR) is 120 cm³/mol. The summed E-state index contributed by atoms with van der Waals surface area (Å²) < 4.78 is 45.5. The first-order chi connectivity index (χ1) is 15.8. The maximum atomic E-state index is 13.1. The van der Waals surface area contributed by atoms with Gasteiger partial charge in [-0.2, -0.15) is 0 Å². The van der Waals surface area contributed by atoms with Crippen molar-refractivity contribution in [2.75, 3.05) is 46.8 Å². The number of nitrogens with zero attached hydrogens (tertiary/aromatic N) is 2. The monoisotopic (exact) mass is 477 g/mol. The fraction of sp³-hybridized carbons (Fsp3) is 0.409. The Morgan fingerprint density at radius 2 is 1.76 bits per heavy atom. The Morgan fingerprint density at radius 1 is 1.03 bits per heavy atom. The third-order valence-electron chi connectivity index (χ3n) is 5.52. The lowest BCUT2D eigenvalue weighted by atomic mass is 10.0. The van der Waals surface area contributed by atoms with Crippen LogP contribution in [0.25, 0.3) is 0 Å². The van der Waals surface area contributed by atoms with Gasteiger partial charge in [0.05, 0.1) is 33.1 Å². The van der Waals surface area contributed by atoms with Crippen molar-refractivity contribution in [2.24, 2.45) is 0 Å². The molecule has 0 spiro atoms. The van der Waals surface area contributed by atoms with Crippen molar-refractivity contribution in [2.45, 2.75) is 12.5 Å². The normalized spacial score (nSPS) is 17.9. The first-order valence-corrected chi connectivity index (χ1v) is 12.3. The summed E-state index contributed by atoms with van der Waals surface area (Å²) >= 11 is 0. The fourth-order valence-electron chi connectivity index (χ4n) is 4.00. The Morgan fingerprint density at radius 3 is 2.45 bits per heavy atom. The number of sulfonamides is 1. The zero-order chi connectivity index (χ0) is 23.6. The fourth-order valence-corrected chi connectivity index (χ4v) is 4.56. The van der Waals surface area contributed by atoms with Crippen molar-refractivity contribution in [3.63, 3.8) is 0 Å². The van der Waals surface area contributed by atoms with Crippen molar-refractivity contribution in [1.82, 2.24) is 14.7 Å². The van der Waals surface area contributed by atoms with E-state index in [4.69, 9.17) is 18.9 Å². The SMILES string of the molecule is COc1ccc(CCN2C(=O)N(NS(C)(=O)=O)CC2c2ccc3c(c2)OCCO3)cc1OC. The molecular formula is C22H27N3O7S. The van der Waals surface area contributed by atoms with Crippen LogP contribution in [0.5, 0.6) is 23.0 Å². The van der Waals surface area contributed by atoms with E-state index >= 15 is 0 Å². The summed E-state index contributed by atoms with van der Waals surface area (Å²) in [5.74, 6) is 2.49. The van der Waals surface area contributed by atoms with Crippen molar-refractivity contribution in [1.29, 1.82) is 0 Å². The highest BCUT2D eigenvalue weighted by Crippen LogP contribution is 2.37. The second-order valence-electron chi connectivity index (χ2n) is 7.81. The Balaban J connectivity index is 1.59. The molecule has 4 rings (SSSR count). The van der Waals surface area contributed by atoms with Gasteiger partial charge in [-0.3, -0.25) is 0 Å². The molecule has 2 amide bonds. The summed E-state index contributed by atoms with van der Waals surface area (Å²) in [4.78, 5) is 17.1. The average Bonchev–Trinajstić information content (AvgIpc) is 3.10. The number of methoxy groups -OCH3 is 2. The minimum Gasteiger partial charge on any atom is -0.493 e. The molecular weight excluding hydrogens is 450 g/mol. The first kappa shape index (κ1) is 23.0. The van der Waals surface area contributed by atoms with Gasteiger partial charge in [-0.25, -0.2) is 18.2 Å². The molecule has 178 valence electrons. The number of hydrazine groups is 1. The van der Waals surface area contributed by atoms with Gasteiger partial charge in [-0.05, 0) is 41.8 Å². The molecule has 0 bridgehead atoms. The minimum atomic E-state index is -3.61. The Hall–Kier alpha value is -3.18. The highest BCUT2D eigenvalue weighted by molar-refractivity contribution is 7.88. The molecule has 2 aromatic carbocycles. The van der Waals surface area contributed by atoms with Crippen LogP contribution in [-0.2, 0) is 16.4 Å². The zero-order valence-corrected chi connectivity index (χ0v) is 19.6. The Kier molecular flexibility index (Phi) is 6.52. The number of hydrogen-bond donors (Lipinski definition) is 1. The highest BCUT2D eigenvalue weighted by Gasteiger charge is 2.39. The number of carbonyl (C=O) groups excluding carboxylic acids is 1. The molecule has 2 aliphatic heterocycles. The van der Waals surface area contributed by atoms with Crippen LogP contribution in [0, 0.1) is 0 Å². The smallest absolute Gasteiger partial charge is 0.335 e. The maximum absolute atomic E-state index is 13.1. The number of ether oxygens (including phenoxy) is 4. The largest absolute Gasteiger partial charge is 0.493 e. The number of fused-ring (bicyclic) bond motifs is 1. The molecule has 2 aliphatic rings. The standard InChI is InChI=1S/C22H27N3O7S/c1-29-18-6-4-15(12-20(18)30-2)8-9-24-17(14-25(22(24)26)23-33(3,27)28)16-5-7-19-21(13-16)32-11-10-31-19/h4-7,12-13,17,23H,8-11,14H2,1-3H3. The molecule has 2 heterocycles. The molecule has 2 aromatic rings. The molecule has 1 unspecified atom stereocenters. The Bertz CT molecular complexity index is 1140. The van der Waals surface area contributed by atoms with Crippen LogP contribution in [0.1, 0.15) is 17.2 Å². The van der Waals surface area contributed by atoms with Gasteiger partial charge < -0.3 is 23.8 Å². The molecule has 1 atom stereocenters. The van der Waals surface area contributed by atoms with Gasteiger partial charge in [0.2, 0.25) is 10.0 Å². The van der Waals surface area contributed by atoms with E-state index in [9.17, 15) is 13.2 Å². The summed E-state index contributed by atoms with van der Waals surface area (Å²) in [5.41, 5.74) is 1.79. The molecule has 0 aromatic heterocycles. The van der Waals surface area contributed by atoms with E-state index in [0.717, 1.165) is 22.4 Å². The van der Waals surface area contributed by atoms with Gasteiger partial charge in [-0.1, -0.05) is 12.1 Å². The minimum absolute atomic E-state index is 0.164. The molecule has 1 fully saturated rings. The van der Waals surface area contributed by atoms with Crippen LogP contribution in [0.4, 0.5) is 4.79 Å². The molecule has 10 nitrogen and oxygen atoms in total. The second kappa shape index (κ2) is 9.36. The number of amides is 2. The third-order valence-corrected chi connectivity index (χ3v) is 6.08. The van der Waals surface area contributed by atoms with Gasteiger partial charge in [0.25, 0.3) is 0 Å². The lowest BCUT2D eigenvalue weighted by Crippen LogP contribution is -2.44. The lowest BCUT2D eigenvalue weighted by Gasteiger charge is -2.25. The van der Waals surface area contributed by atoms with E-state index in [-0.39, 0.29) is 12.6 Å². The van der Waals surface area contributed by atoms with Crippen LogP contribution in [0.3, 0.4) is 0 Å². The maximum Gasteiger partial charge on any atom is 0.335 e. The van der Waals surface area contributed by atoms with Crippen molar-refractivity contribution < 1.29 is 32.2 Å². The highest BCUT2D eigenvalue weighted by atomic mass is 32.2. The van der Waals surface area contributed by atoms with Crippen LogP contribution in [0.15, 0.2) is 36.4 Å². The summed E-state index contributed by atoms with van der Waals surface area (Å²) in [6.45, 7) is 1.47. The van der Waals surface area contributed by atoms with E-state index in [1.807, 2.05) is 36.4 Å². The predicted octanol–water partition coefficient (Wildman–Crippen LogP) is 1.96. The van der Waals surface area contributed by atoms with Crippen molar-refractivity contribution in [3.05, 3.63) is 47.5 Å². The molecule has 11 heteroatoms. The summed E-state index contributed by atoms with van der Waals surface area (Å²) in [5, 5.41) is 1.13. The molecule has 1 N–H and O–H groups in total. The van der Waals surface area contributed by atoms with Gasteiger partial charge in [0.1, 0.15) is 13.2 Å². The van der Waals surface area contributed by atoms with Crippen molar-refractivity contribution in [3.8, 4) is 23.0 Å². The molecule has 0 radical (unpaired) electrons. The number of nitrogens with one attached hydrogen (secondary N) is 1. The molecule has 0 saturated carbocycles. The molecule has 1 saturated heterocycles. The van der Waals surface area contributed by atoms with E-state index in [2.05, 4.69) is 4.83 Å². The van der Waals surface area contributed by atoms with E-state index in [1.165, 1.54) is 0 Å². The third kappa shape index (κ3) is 5.09. The lowest BCUT2D eigenvalue weighted by molar-refractivity contribution is 0.170. The number of benzene rings is 2. The van der Waals surface area contributed by atoms with E-state index in [1.54, 1.807) is 19.1 Å². The Labute approximate surface area is 193 Å². The van der Waals surface area contributed by atoms with Crippen LogP contribution in [-0.4, -0.2) is 71.1 Å².